The van der Waals surface area contributed by atoms with Crippen molar-refractivity contribution in [3.8, 4) is 0 Å². The van der Waals surface area contributed by atoms with Gasteiger partial charge in [-0.25, -0.2) is 0 Å². The van der Waals surface area contributed by atoms with E-state index < -0.39 is 0 Å². The summed E-state index contributed by atoms with van der Waals surface area (Å²) in [6, 6.07) is 0.304. The highest BCUT2D eigenvalue weighted by Crippen LogP contribution is 2.26. The Labute approximate surface area is 112 Å². The molecular weight excluding hydrogens is 226 g/mol. The van der Waals surface area contributed by atoms with Crippen LogP contribution < -0.4 is 5.32 Å². The molecule has 2 atom stereocenters. The number of carbonyl (C=O) groups is 1. The molecule has 0 heterocycles. The van der Waals surface area contributed by atoms with E-state index in [4.69, 9.17) is 4.74 Å². The highest BCUT2D eigenvalue weighted by molar-refractivity contribution is 5.75. The number of nitrogens with one attached hydrogen (secondary N) is 1. The standard InChI is InChI=1S/C15H29NO2/c1-4-9-14(15(17)18-5-2)16-12(3)13-10-7-6-8-11-13/h12-14,16H,4-11H2,1-3H3/t12-,14?/m1/s1. The summed E-state index contributed by atoms with van der Waals surface area (Å²) in [5.41, 5.74) is 0. The molecule has 1 saturated carbocycles. The van der Waals surface area contributed by atoms with Crippen molar-refractivity contribution in [2.24, 2.45) is 5.92 Å². The van der Waals surface area contributed by atoms with Crippen molar-refractivity contribution in [2.75, 3.05) is 6.61 Å². The average Bonchev–Trinajstić information content (AvgIpc) is 2.39. The zero-order valence-electron chi connectivity index (χ0n) is 12.2. The van der Waals surface area contributed by atoms with Gasteiger partial charge in [0.25, 0.3) is 0 Å². The van der Waals surface area contributed by atoms with Gasteiger partial charge in [0.2, 0.25) is 0 Å². The zero-order chi connectivity index (χ0) is 13.4. The van der Waals surface area contributed by atoms with Crippen LogP contribution >= 0.6 is 0 Å². The molecule has 0 aromatic carbocycles. The van der Waals surface area contributed by atoms with Gasteiger partial charge in [0.15, 0.2) is 0 Å². The molecular formula is C15H29NO2. The summed E-state index contributed by atoms with van der Waals surface area (Å²) in [7, 11) is 0. The SMILES string of the molecule is CCCC(N[C@H](C)C1CCCCC1)C(=O)OCC. The van der Waals surface area contributed by atoms with E-state index in [-0.39, 0.29) is 12.0 Å². The van der Waals surface area contributed by atoms with Crippen LogP contribution in [0.3, 0.4) is 0 Å². The Balaban J connectivity index is 2.45. The van der Waals surface area contributed by atoms with Crippen molar-refractivity contribution in [1.82, 2.24) is 5.32 Å². The predicted octanol–water partition coefficient (Wildman–Crippen LogP) is 3.28. The number of rotatable bonds is 7. The van der Waals surface area contributed by atoms with Crippen LogP contribution in [0.4, 0.5) is 0 Å². The van der Waals surface area contributed by atoms with Crippen LogP contribution in [0.2, 0.25) is 0 Å². The van der Waals surface area contributed by atoms with Crippen molar-refractivity contribution in [2.45, 2.75) is 77.8 Å². The van der Waals surface area contributed by atoms with Crippen LogP contribution in [0.1, 0.15) is 65.7 Å². The van der Waals surface area contributed by atoms with Gasteiger partial charge < -0.3 is 10.1 Å². The van der Waals surface area contributed by atoms with E-state index in [1.165, 1.54) is 32.1 Å². The average molecular weight is 255 g/mol. The monoisotopic (exact) mass is 255 g/mol. The normalized spacial score (nSPS) is 20.4. The van der Waals surface area contributed by atoms with Gasteiger partial charge in [-0.15, -0.1) is 0 Å². The second kappa shape index (κ2) is 8.52. The molecule has 1 unspecified atom stereocenters. The highest BCUT2D eigenvalue weighted by Gasteiger charge is 2.25. The Morgan fingerprint density at radius 3 is 2.50 bits per heavy atom. The maximum absolute atomic E-state index is 11.9. The second-order valence-corrected chi connectivity index (χ2v) is 5.45. The predicted molar refractivity (Wildman–Crippen MR) is 74.5 cm³/mol. The largest absolute Gasteiger partial charge is 0.465 e. The van der Waals surface area contributed by atoms with Crippen LogP contribution in [0, 0.1) is 5.92 Å². The molecule has 1 N–H and O–H groups in total. The van der Waals surface area contributed by atoms with Crippen LogP contribution in [-0.4, -0.2) is 24.7 Å². The van der Waals surface area contributed by atoms with E-state index in [0.29, 0.717) is 12.6 Å². The first kappa shape index (κ1) is 15.5. The molecule has 3 nitrogen and oxygen atoms in total. The number of esters is 1. The Bertz CT molecular complexity index is 237. The summed E-state index contributed by atoms with van der Waals surface area (Å²) in [6.07, 6.45) is 8.54. The van der Waals surface area contributed by atoms with Crippen LogP contribution in [-0.2, 0) is 9.53 Å². The molecule has 0 bridgehead atoms. The fourth-order valence-electron chi connectivity index (χ4n) is 2.89. The molecule has 106 valence electrons. The summed E-state index contributed by atoms with van der Waals surface area (Å²) in [6.45, 7) is 6.67. The quantitative estimate of drug-likeness (QED) is 0.710. The van der Waals surface area contributed by atoms with Gasteiger partial charge >= 0.3 is 5.97 Å². The molecule has 1 rings (SSSR count). The van der Waals surface area contributed by atoms with Crippen LogP contribution in [0.15, 0.2) is 0 Å². The van der Waals surface area contributed by atoms with Gasteiger partial charge in [0.1, 0.15) is 6.04 Å². The van der Waals surface area contributed by atoms with Crippen molar-refractivity contribution < 1.29 is 9.53 Å². The fraction of sp³-hybridized carbons (Fsp3) is 0.933. The molecule has 3 heteroatoms. The molecule has 0 aliphatic heterocycles. The summed E-state index contributed by atoms with van der Waals surface area (Å²) in [5.74, 6) is 0.648. The minimum Gasteiger partial charge on any atom is -0.465 e. The van der Waals surface area contributed by atoms with E-state index in [0.717, 1.165) is 18.8 Å². The van der Waals surface area contributed by atoms with Crippen molar-refractivity contribution in [3.05, 3.63) is 0 Å². The maximum Gasteiger partial charge on any atom is 0.323 e. The lowest BCUT2D eigenvalue weighted by molar-refractivity contribution is -0.146. The Morgan fingerprint density at radius 2 is 1.94 bits per heavy atom. The first-order chi connectivity index (χ1) is 8.69. The van der Waals surface area contributed by atoms with Gasteiger partial charge in [-0.05, 0) is 39.0 Å². The Morgan fingerprint density at radius 1 is 1.28 bits per heavy atom. The molecule has 0 radical (unpaired) electrons. The first-order valence-corrected chi connectivity index (χ1v) is 7.61. The number of carbonyl (C=O) groups excluding carboxylic acids is 1. The smallest absolute Gasteiger partial charge is 0.323 e. The first-order valence-electron chi connectivity index (χ1n) is 7.61. The summed E-state index contributed by atoms with van der Waals surface area (Å²) in [4.78, 5) is 11.9. The third-order valence-electron chi connectivity index (χ3n) is 3.97. The van der Waals surface area contributed by atoms with E-state index in [1.807, 2.05) is 6.92 Å². The molecule has 0 spiro atoms. The molecule has 0 saturated heterocycles. The second-order valence-electron chi connectivity index (χ2n) is 5.45. The molecule has 1 aliphatic carbocycles. The van der Waals surface area contributed by atoms with Gasteiger partial charge in [-0.1, -0.05) is 32.6 Å². The summed E-state index contributed by atoms with van der Waals surface area (Å²) in [5, 5.41) is 3.50. The van der Waals surface area contributed by atoms with E-state index in [2.05, 4.69) is 19.2 Å². The zero-order valence-corrected chi connectivity index (χ0v) is 12.2. The van der Waals surface area contributed by atoms with Crippen LogP contribution in [0.5, 0.6) is 0 Å². The van der Waals surface area contributed by atoms with E-state index >= 15 is 0 Å². The molecule has 0 aromatic heterocycles. The lowest BCUT2D eigenvalue weighted by Gasteiger charge is -2.31. The Hall–Kier alpha value is -0.570. The van der Waals surface area contributed by atoms with Crippen molar-refractivity contribution in [3.63, 3.8) is 0 Å². The lowest BCUT2D eigenvalue weighted by Crippen LogP contribution is -2.46. The Kier molecular flexibility index (Phi) is 7.33. The van der Waals surface area contributed by atoms with E-state index in [1.54, 1.807) is 0 Å². The minimum atomic E-state index is -0.119. The molecule has 1 fully saturated rings. The molecule has 0 aromatic rings. The summed E-state index contributed by atoms with van der Waals surface area (Å²) >= 11 is 0. The maximum atomic E-state index is 11.9. The highest BCUT2D eigenvalue weighted by atomic mass is 16.5. The van der Waals surface area contributed by atoms with Gasteiger partial charge in [-0.2, -0.15) is 0 Å². The minimum absolute atomic E-state index is 0.0815. The lowest BCUT2D eigenvalue weighted by atomic mass is 9.84. The van der Waals surface area contributed by atoms with E-state index in [9.17, 15) is 4.79 Å². The van der Waals surface area contributed by atoms with Gasteiger partial charge in [0, 0.05) is 6.04 Å². The van der Waals surface area contributed by atoms with Crippen molar-refractivity contribution in [1.29, 1.82) is 0 Å². The topological polar surface area (TPSA) is 38.3 Å². The third kappa shape index (κ3) is 4.97. The number of ether oxygens (including phenoxy) is 1. The molecule has 18 heavy (non-hydrogen) atoms. The third-order valence-corrected chi connectivity index (χ3v) is 3.97. The molecule has 1 aliphatic rings. The van der Waals surface area contributed by atoms with Gasteiger partial charge in [0.05, 0.1) is 6.61 Å². The number of hydrogen-bond donors (Lipinski definition) is 1. The fourth-order valence-corrected chi connectivity index (χ4v) is 2.89. The van der Waals surface area contributed by atoms with Gasteiger partial charge in [-0.3, -0.25) is 4.79 Å². The summed E-state index contributed by atoms with van der Waals surface area (Å²) < 4.78 is 5.14. The van der Waals surface area contributed by atoms with Crippen molar-refractivity contribution >= 4 is 5.97 Å². The molecule has 0 amide bonds. The van der Waals surface area contributed by atoms with Crippen LogP contribution in [0.25, 0.3) is 0 Å². The number of hydrogen-bond acceptors (Lipinski definition) is 3.